The molecule has 3 rings (SSSR count). The van der Waals surface area contributed by atoms with Gasteiger partial charge in [-0.25, -0.2) is 4.98 Å². The maximum absolute atomic E-state index is 5.37. The van der Waals surface area contributed by atoms with Crippen molar-refractivity contribution in [3.05, 3.63) is 46.7 Å². The van der Waals surface area contributed by atoms with E-state index in [9.17, 15) is 0 Å². The van der Waals surface area contributed by atoms with Crippen molar-refractivity contribution in [1.29, 1.82) is 0 Å². The maximum Gasteiger partial charge on any atom is 0.161 e. The van der Waals surface area contributed by atoms with Crippen molar-refractivity contribution in [3.8, 4) is 22.9 Å². The van der Waals surface area contributed by atoms with Crippen molar-refractivity contribution in [2.75, 3.05) is 14.2 Å². The number of methoxy groups -OCH3 is 2. The Morgan fingerprint density at radius 1 is 1.05 bits per heavy atom. The molecule has 0 amide bonds. The van der Waals surface area contributed by atoms with E-state index in [4.69, 9.17) is 9.47 Å². The first-order valence-electron chi connectivity index (χ1n) is 6.50. The van der Waals surface area contributed by atoms with E-state index >= 15 is 0 Å². The molecule has 2 aromatic heterocycles. The summed E-state index contributed by atoms with van der Waals surface area (Å²) in [5.74, 6) is 2.26. The first-order valence-corrected chi connectivity index (χ1v) is 7.30. The third kappa shape index (κ3) is 2.38. The summed E-state index contributed by atoms with van der Waals surface area (Å²) in [6.07, 6.45) is 2.07. The number of hydrogen-bond acceptors (Lipinski definition) is 3. The number of nitrogens with zero attached hydrogens (tertiary/aromatic N) is 2. The molecule has 5 heteroatoms. The van der Waals surface area contributed by atoms with E-state index < -0.39 is 0 Å². The molecule has 4 nitrogen and oxygen atoms in total. The van der Waals surface area contributed by atoms with Crippen LogP contribution in [0, 0.1) is 6.92 Å². The predicted octanol–water partition coefficient (Wildman–Crippen LogP) is 4.09. The highest BCUT2D eigenvalue weighted by Gasteiger charge is 2.13. The van der Waals surface area contributed by atoms with Gasteiger partial charge in [-0.05, 0) is 52.7 Å². The van der Waals surface area contributed by atoms with E-state index in [0.29, 0.717) is 11.5 Å². The van der Waals surface area contributed by atoms with Crippen LogP contribution in [0.2, 0.25) is 0 Å². The van der Waals surface area contributed by atoms with Gasteiger partial charge in [0.05, 0.1) is 19.7 Å². The normalized spacial score (nSPS) is 10.9. The lowest BCUT2D eigenvalue weighted by molar-refractivity contribution is 0.355. The summed E-state index contributed by atoms with van der Waals surface area (Å²) in [6.45, 7) is 2.06. The van der Waals surface area contributed by atoms with Crippen molar-refractivity contribution < 1.29 is 9.47 Å². The largest absolute Gasteiger partial charge is 0.493 e. The zero-order valence-electron chi connectivity index (χ0n) is 12.1. The van der Waals surface area contributed by atoms with Gasteiger partial charge < -0.3 is 9.47 Å². The van der Waals surface area contributed by atoms with Gasteiger partial charge in [-0.3, -0.25) is 4.40 Å². The summed E-state index contributed by atoms with van der Waals surface area (Å²) < 4.78 is 13.5. The molecular formula is C16H15BrN2O2. The number of benzene rings is 1. The molecule has 0 bridgehead atoms. The predicted molar refractivity (Wildman–Crippen MR) is 86.2 cm³/mol. The lowest BCUT2D eigenvalue weighted by atomic mass is 10.2. The molecule has 0 saturated carbocycles. The highest BCUT2D eigenvalue weighted by Crippen LogP contribution is 2.33. The molecule has 2 heterocycles. The van der Waals surface area contributed by atoms with Gasteiger partial charge in [-0.15, -0.1) is 0 Å². The number of pyridine rings is 1. The molecule has 1 aromatic carbocycles. The third-order valence-electron chi connectivity index (χ3n) is 3.38. The molecule has 108 valence electrons. The maximum atomic E-state index is 5.37. The van der Waals surface area contributed by atoms with Crippen molar-refractivity contribution in [2.45, 2.75) is 6.92 Å². The van der Waals surface area contributed by atoms with Gasteiger partial charge in [0.15, 0.2) is 11.5 Å². The van der Waals surface area contributed by atoms with Crippen molar-refractivity contribution in [1.82, 2.24) is 9.38 Å². The molecule has 0 radical (unpaired) electrons. The molecule has 0 atom stereocenters. The average molecular weight is 347 g/mol. The smallest absolute Gasteiger partial charge is 0.161 e. The minimum Gasteiger partial charge on any atom is -0.493 e. The van der Waals surface area contributed by atoms with Gasteiger partial charge >= 0.3 is 0 Å². The summed E-state index contributed by atoms with van der Waals surface area (Å²) in [5, 5.41) is 0. The van der Waals surface area contributed by atoms with E-state index in [1.165, 1.54) is 5.56 Å². The zero-order valence-corrected chi connectivity index (χ0v) is 13.6. The summed E-state index contributed by atoms with van der Waals surface area (Å²) in [4.78, 5) is 4.62. The average Bonchev–Trinajstić information content (AvgIpc) is 2.83. The lowest BCUT2D eigenvalue weighted by Crippen LogP contribution is -1.93. The van der Waals surface area contributed by atoms with Crippen molar-refractivity contribution >= 4 is 21.4 Å². The Balaban J connectivity index is 2.23. The van der Waals surface area contributed by atoms with E-state index in [0.717, 1.165) is 21.5 Å². The van der Waals surface area contributed by atoms with E-state index in [-0.39, 0.29) is 0 Å². The Labute approximate surface area is 131 Å². The standard InChI is InChI=1S/C16H15BrN2O2/c1-10-4-6-12-15(17)18-16(19(12)9-10)11-5-7-13(20-2)14(8-11)21-3/h4-9H,1-3H3. The second-order valence-electron chi connectivity index (χ2n) is 4.76. The minimum absolute atomic E-state index is 0.690. The fraction of sp³-hybridized carbons (Fsp3) is 0.188. The second-order valence-corrected chi connectivity index (χ2v) is 5.51. The van der Waals surface area contributed by atoms with Crippen LogP contribution in [-0.2, 0) is 0 Å². The molecule has 0 unspecified atom stereocenters. The van der Waals surface area contributed by atoms with Crippen LogP contribution in [0.15, 0.2) is 41.1 Å². The molecule has 0 N–H and O–H groups in total. The Kier molecular flexibility index (Phi) is 3.59. The molecule has 0 spiro atoms. The monoisotopic (exact) mass is 346 g/mol. The third-order valence-corrected chi connectivity index (χ3v) is 3.97. The summed E-state index contributed by atoms with van der Waals surface area (Å²) in [5.41, 5.74) is 3.18. The fourth-order valence-electron chi connectivity index (χ4n) is 2.33. The number of hydrogen-bond donors (Lipinski definition) is 0. The first-order chi connectivity index (χ1) is 10.1. The number of halogens is 1. The fourth-order valence-corrected chi connectivity index (χ4v) is 2.82. The van der Waals surface area contributed by atoms with Crippen LogP contribution < -0.4 is 9.47 Å². The lowest BCUT2D eigenvalue weighted by Gasteiger charge is -2.09. The van der Waals surface area contributed by atoms with Crippen molar-refractivity contribution in [3.63, 3.8) is 0 Å². The van der Waals surface area contributed by atoms with Crippen LogP contribution in [-0.4, -0.2) is 23.6 Å². The van der Waals surface area contributed by atoms with Crippen LogP contribution in [0.1, 0.15) is 5.56 Å². The van der Waals surface area contributed by atoms with E-state index in [1.807, 2.05) is 18.2 Å². The van der Waals surface area contributed by atoms with E-state index in [1.54, 1.807) is 14.2 Å². The molecule has 0 aliphatic rings. The van der Waals surface area contributed by atoms with Crippen LogP contribution >= 0.6 is 15.9 Å². The molecule has 0 aliphatic heterocycles. The van der Waals surface area contributed by atoms with Gasteiger partial charge in [-0.2, -0.15) is 0 Å². The number of aryl methyl sites for hydroxylation is 1. The first kappa shape index (κ1) is 13.9. The topological polar surface area (TPSA) is 35.8 Å². The van der Waals surface area contributed by atoms with Crippen LogP contribution in [0.25, 0.3) is 16.9 Å². The molecule has 21 heavy (non-hydrogen) atoms. The highest BCUT2D eigenvalue weighted by atomic mass is 79.9. The summed E-state index contributed by atoms with van der Waals surface area (Å²) in [7, 11) is 3.26. The molecule has 3 aromatic rings. The van der Waals surface area contributed by atoms with Crippen LogP contribution in [0.3, 0.4) is 0 Å². The van der Waals surface area contributed by atoms with Crippen molar-refractivity contribution in [2.24, 2.45) is 0 Å². The number of fused-ring (bicyclic) bond motifs is 1. The van der Waals surface area contributed by atoms with Gasteiger partial charge in [0.25, 0.3) is 0 Å². The SMILES string of the molecule is COc1ccc(-c2nc(Br)c3ccc(C)cn23)cc1OC. The summed E-state index contributed by atoms with van der Waals surface area (Å²) in [6, 6.07) is 9.92. The molecule has 0 saturated heterocycles. The van der Waals surface area contributed by atoms with Crippen LogP contribution in [0.5, 0.6) is 11.5 Å². The van der Waals surface area contributed by atoms with Gasteiger partial charge in [0.2, 0.25) is 0 Å². The highest BCUT2D eigenvalue weighted by molar-refractivity contribution is 9.10. The van der Waals surface area contributed by atoms with E-state index in [2.05, 4.69) is 50.6 Å². The Bertz CT molecular complexity index is 811. The number of imidazole rings is 1. The Morgan fingerprint density at radius 3 is 2.52 bits per heavy atom. The Morgan fingerprint density at radius 2 is 1.81 bits per heavy atom. The number of aromatic nitrogens is 2. The molecule has 0 fully saturated rings. The van der Waals surface area contributed by atoms with Gasteiger partial charge in [-0.1, -0.05) is 6.07 Å². The minimum atomic E-state index is 0.690. The van der Waals surface area contributed by atoms with Crippen LogP contribution in [0.4, 0.5) is 0 Å². The zero-order chi connectivity index (χ0) is 15.0. The van der Waals surface area contributed by atoms with Gasteiger partial charge in [0.1, 0.15) is 10.4 Å². The molecule has 0 aliphatic carbocycles. The quantitative estimate of drug-likeness (QED) is 0.716. The Hall–Kier alpha value is -2.01. The second kappa shape index (κ2) is 5.41. The molecular weight excluding hydrogens is 332 g/mol. The summed E-state index contributed by atoms with van der Waals surface area (Å²) >= 11 is 3.52. The number of ether oxygens (including phenoxy) is 2. The van der Waals surface area contributed by atoms with Gasteiger partial charge in [0, 0.05) is 11.8 Å². The number of rotatable bonds is 3.